The van der Waals surface area contributed by atoms with Crippen molar-refractivity contribution in [3.05, 3.63) is 70.2 Å². The summed E-state index contributed by atoms with van der Waals surface area (Å²) in [5.41, 5.74) is 3.88. The predicted octanol–water partition coefficient (Wildman–Crippen LogP) is 3.72. The molecule has 0 saturated carbocycles. The van der Waals surface area contributed by atoms with Gasteiger partial charge in [0.2, 0.25) is 0 Å². The Morgan fingerprint density at radius 3 is 2.42 bits per heavy atom. The Morgan fingerprint density at radius 2 is 1.73 bits per heavy atom. The molecule has 138 valence electrons. The number of carbonyl (C=O) groups excluding carboxylic acids is 1. The first-order valence-electron chi connectivity index (χ1n) is 9.16. The zero-order valence-corrected chi connectivity index (χ0v) is 16.0. The van der Waals surface area contributed by atoms with E-state index in [1.54, 1.807) is 0 Å². The molecular weight excluding hydrogens is 346 g/mol. The third kappa shape index (κ3) is 5.23. The van der Waals surface area contributed by atoms with Gasteiger partial charge in [0.15, 0.2) is 0 Å². The van der Waals surface area contributed by atoms with Crippen molar-refractivity contribution >= 4 is 17.6 Å². The van der Waals surface area contributed by atoms with E-state index in [9.17, 15) is 4.79 Å². The zero-order valence-electron chi connectivity index (χ0n) is 15.2. The molecule has 0 unspecified atom stereocenters. The first-order chi connectivity index (χ1) is 12.6. The number of rotatable bonds is 5. The Morgan fingerprint density at radius 1 is 1.04 bits per heavy atom. The Labute approximate surface area is 160 Å². The van der Waals surface area contributed by atoms with E-state index in [-0.39, 0.29) is 6.03 Å². The number of nitrogens with one attached hydrogen (secondary N) is 1. The number of amides is 2. The lowest BCUT2D eigenvalue weighted by Crippen LogP contribution is -2.51. The third-order valence-electron chi connectivity index (χ3n) is 4.92. The number of nitrogens with zero attached hydrogens (tertiary/aromatic N) is 2. The molecule has 0 atom stereocenters. The number of hydrogen-bond acceptors (Lipinski definition) is 2. The summed E-state index contributed by atoms with van der Waals surface area (Å²) >= 11 is 5.89. The molecule has 0 spiro atoms. The lowest BCUT2D eigenvalue weighted by atomic mass is 10.1. The molecule has 4 nitrogen and oxygen atoms in total. The standard InChI is InChI=1S/C21H26ClN3O/c1-17-4-2-3-5-19(17)16-24-12-14-25(15-13-24)21(26)23-11-10-18-6-8-20(22)9-7-18/h2-9H,10-16H2,1H3,(H,23,26). The second kappa shape index (κ2) is 9.06. The number of piperazine rings is 1. The minimum absolute atomic E-state index is 0.0366. The summed E-state index contributed by atoms with van der Waals surface area (Å²) in [6, 6.07) is 16.3. The summed E-state index contributed by atoms with van der Waals surface area (Å²) in [6.45, 7) is 7.14. The van der Waals surface area contributed by atoms with Gasteiger partial charge in [0.25, 0.3) is 0 Å². The van der Waals surface area contributed by atoms with Crippen LogP contribution in [0, 0.1) is 6.92 Å². The molecule has 2 aromatic rings. The summed E-state index contributed by atoms with van der Waals surface area (Å²) in [5.74, 6) is 0. The van der Waals surface area contributed by atoms with E-state index in [2.05, 4.69) is 41.4 Å². The molecule has 26 heavy (non-hydrogen) atoms. The van der Waals surface area contributed by atoms with Crippen molar-refractivity contribution in [2.45, 2.75) is 19.9 Å². The zero-order chi connectivity index (χ0) is 18.4. The van der Waals surface area contributed by atoms with Crippen LogP contribution >= 0.6 is 11.6 Å². The number of urea groups is 1. The summed E-state index contributed by atoms with van der Waals surface area (Å²) in [6.07, 6.45) is 0.816. The summed E-state index contributed by atoms with van der Waals surface area (Å²) < 4.78 is 0. The van der Waals surface area contributed by atoms with Crippen molar-refractivity contribution in [2.24, 2.45) is 0 Å². The predicted molar refractivity (Wildman–Crippen MR) is 107 cm³/mol. The minimum atomic E-state index is 0.0366. The second-order valence-electron chi connectivity index (χ2n) is 6.80. The van der Waals surface area contributed by atoms with E-state index in [0.717, 1.165) is 44.2 Å². The highest BCUT2D eigenvalue weighted by Gasteiger charge is 2.21. The van der Waals surface area contributed by atoms with Gasteiger partial charge in [0.05, 0.1) is 0 Å². The molecule has 0 bridgehead atoms. The van der Waals surface area contributed by atoms with Crippen LogP contribution in [0.2, 0.25) is 5.02 Å². The van der Waals surface area contributed by atoms with E-state index in [1.165, 1.54) is 16.7 Å². The highest BCUT2D eigenvalue weighted by molar-refractivity contribution is 6.30. The number of aryl methyl sites for hydroxylation is 1. The number of halogens is 1. The summed E-state index contributed by atoms with van der Waals surface area (Å²) in [4.78, 5) is 16.7. The van der Waals surface area contributed by atoms with Crippen LogP contribution in [0.25, 0.3) is 0 Å². The van der Waals surface area contributed by atoms with Crippen molar-refractivity contribution < 1.29 is 4.79 Å². The molecule has 1 heterocycles. The first kappa shape index (κ1) is 18.7. The Bertz CT molecular complexity index is 724. The SMILES string of the molecule is Cc1ccccc1CN1CCN(C(=O)NCCc2ccc(Cl)cc2)CC1. The van der Waals surface area contributed by atoms with Crippen molar-refractivity contribution in [2.75, 3.05) is 32.7 Å². The van der Waals surface area contributed by atoms with Crippen LogP contribution in [0.15, 0.2) is 48.5 Å². The monoisotopic (exact) mass is 371 g/mol. The average Bonchev–Trinajstić information content (AvgIpc) is 2.66. The van der Waals surface area contributed by atoms with E-state index < -0.39 is 0 Å². The van der Waals surface area contributed by atoms with Crippen molar-refractivity contribution in [1.29, 1.82) is 0 Å². The van der Waals surface area contributed by atoms with Crippen LogP contribution < -0.4 is 5.32 Å². The topological polar surface area (TPSA) is 35.6 Å². The van der Waals surface area contributed by atoms with Crippen molar-refractivity contribution in [3.8, 4) is 0 Å². The van der Waals surface area contributed by atoms with E-state index in [0.29, 0.717) is 6.54 Å². The Balaban J connectivity index is 1.39. The Hall–Kier alpha value is -2.04. The van der Waals surface area contributed by atoms with Crippen LogP contribution in [0.1, 0.15) is 16.7 Å². The molecule has 1 fully saturated rings. The van der Waals surface area contributed by atoms with E-state index >= 15 is 0 Å². The van der Waals surface area contributed by atoms with Gasteiger partial charge in [-0.1, -0.05) is 48.0 Å². The molecule has 1 saturated heterocycles. The van der Waals surface area contributed by atoms with Gasteiger partial charge in [-0.2, -0.15) is 0 Å². The largest absolute Gasteiger partial charge is 0.338 e. The maximum atomic E-state index is 12.3. The van der Waals surface area contributed by atoms with Gasteiger partial charge in [-0.25, -0.2) is 4.79 Å². The number of benzene rings is 2. The summed E-state index contributed by atoms with van der Waals surface area (Å²) in [7, 11) is 0. The maximum Gasteiger partial charge on any atom is 0.317 e. The number of hydrogen-bond donors (Lipinski definition) is 1. The average molecular weight is 372 g/mol. The molecule has 0 radical (unpaired) electrons. The molecule has 2 aromatic carbocycles. The molecule has 1 N–H and O–H groups in total. The highest BCUT2D eigenvalue weighted by Crippen LogP contribution is 2.13. The van der Waals surface area contributed by atoms with Gasteiger partial charge < -0.3 is 10.2 Å². The third-order valence-corrected chi connectivity index (χ3v) is 5.17. The van der Waals surface area contributed by atoms with Crippen LogP contribution in [0.3, 0.4) is 0 Å². The molecule has 0 aliphatic carbocycles. The quantitative estimate of drug-likeness (QED) is 0.869. The Kier molecular flexibility index (Phi) is 6.53. The van der Waals surface area contributed by atoms with Crippen molar-refractivity contribution in [3.63, 3.8) is 0 Å². The molecule has 2 amide bonds. The smallest absolute Gasteiger partial charge is 0.317 e. The van der Waals surface area contributed by atoms with Gasteiger partial charge in [0.1, 0.15) is 0 Å². The lowest BCUT2D eigenvalue weighted by Gasteiger charge is -2.35. The van der Waals surface area contributed by atoms with Gasteiger partial charge in [-0.05, 0) is 42.2 Å². The maximum absolute atomic E-state index is 12.3. The fourth-order valence-corrected chi connectivity index (χ4v) is 3.34. The van der Waals surface area contributed by atoms with Crippen molar-refractivity contribution in [1.82, 2.24) is 15.1 Å². The van der Waals surface area contributed by atoms with Gasteiger partial charge in [-0.15, -0.1) is 0 Å². The molecule has 0 aromatic heterocycles. The molecule has 1 aliphatic rings. The molecule has 3 rings (SSSR count). The van der Waals surface area contributed by atoms with Crippen LogP contribution in [0.4, 0.5) is 4.79 Å². The number of carbonyl (C=O) groups is 1. The van der Waals surface area contributed by atoms with Crippen LogP contribution in [-0.2, 0) is 13.0 Å². The molecule has 1 aliphatic heterocycles. The van der Waals surface area contributed by atoms with Gasteiger partial charge in [-0.3, -0.25) is 4.90 Å². The normalized spacial score (nSPS) is 15.1. The van der Waals surface area contributed by atoms with Gasteiger partial charge in [0, 0.05) is 44.3 Å². The fraction of sp³-hybridized carbons (Fsp3) is 0.381. The molecular formula is C21H26ClN3O. The highest BCUT2D eigenvalue weighted by atomic mass is 35.5. The first-order valence-corrected chi connectivity index (χ1v) is 9.54. The van der Waals surface area contributed by atoms with Crippen LogP contribution in [0.5, 0.6) is 0 Å². The van der Waals surface area contributed by atoms with E-state index in [1.807, 2.05) is 29.2 Å². The second-order valence-corrected chi connectivity index (χ2v) is 7.23. The van der Waals surface area contributed by atoms with Gasteiger partial charge >= 0.3 is 6.03 Å². The van der Waals surface area contributed by atoms with Crippen LogP contribution in [-0.4, -0.2) is 48.6 Å². The fourth-order valence-electron chi connectivity index (χ4n) is 3.21. The molecule has 5 heteroatoms. The van der Waals surface area contributed by atoms with E-state index in [4.69, 9.17) is 11.6 Å². The minimum Gasteiger partial charge on any atom is -0.338 e. The summed E-state index contributed by atoms with van der Waals surface area (Å²) in [5, 5.41) is 3.76. The lowest BCUT2D eigenvalue weighted by molar-refractivity contribution is 0.135.